The third-order valence-corrected chi connectivity index (χ3v) is 5.11. The van der Waals surface area contributed by atoms with Crippen LogP contribution in [-0.2, 0) is 6.42 Å². The molecule has 1 heterocycles. The van der Waals surface area contributed by atoms with Gasteiger partial charge in [-0.05, 0) is 56.4 Å². The Morgan fingerprint density at radius 1 is 1.13 bits per heavy atom. The monoisotopic (exact) mass is 304 g/mol. The number of hydrogen-bond acceptors (Lipinski definition) is 1. The Bertz CT molecular complexity index is 816. The van der Waals surface area contributed by atoms with Crippen LogP contribution in [0.25, 0.3) is 10.9 Å². The van der Waals surface area contributed by atoms with E-state index in [1.54, 1.807) is 0 Å². The van der Waals surface area contributed by atoms with Gasteiger partial charge in [0.2, 0.25) is 0 Å². The second-order valence-electron chi connectivity index (χ2n) is 6.81. The third kappa shape index (κ3) is 2.68. The summed E-state index contributed by atoms with van der Waals surface area (Å²) in [6.07, 6.45) is 3.65. The summed E-state index contributed by atoms with van der Waals surface area (Å²) < 4.78 is 0. The minimum absolute atomic E-state index is 0.361. The highest BCUT2D eigenvalue weighted by Crippen LogP contribution is 2.36. The molecule has 2 atom stereocenters. The first-order valence-corrected chi connectivity index (χ1v) is 8.64. The van der Waals surface area contributed by atoms with Crippen LogP contribution in [0.1, 0.15) is 54.2 Å². The number of hydrogen-bond donors (Lipinski definition) is 2. The van der Waals surface area contributed by atoms with Crippen molar-refractivity contribution in [1.82, 2.24) is 10.3 Å². The number of benzene rings is 2. The molecule has 2 heteroatoms. The number of aromatic nitrogens is 1. The zero-order chi connectivity index (χ0) is 15.8. The first kappa shape index (κ1) is 14.5. The summed E-state index contributed by atoms with van der Waals surface area (Å²) in [5.41, 5.74) is 6.90. The van der Waals surface area contributed by atoms with Crippen LogP contribution in [0.2, 0.25) is 0 Å². The Morgan fingerprint density at radius 2 is 1.96 bits per heavy atom. The van der Waals surface area contributed by atoms with Crippen molar-refractivity contribution >= 4 is 10.9 Å². The van der Waals surface area contributed by atoms with Gasteiger partial charge in [0, 0.05) is 28.7 Å². The van der Waals surface area contributed by atoms with E-state index < -0.39 is 0 Å². The molecule has 2 aromatic carbocycles. The first-order valence-electron chi connectivity index (χ1n) is 8.64. The maximum Gasteiger partial charge on any atom is 0.0480 e. The Morgan fingerprint density at radius 3 is 2.78 bits per heavy atom. The van der Waals surface area contributed by atoms with E-state index in [0.717, 1.165) is 0 Å². The lowest BCUT2D eigenvalue weighted by Crippen LogP contribution is -2.27. The quantitative estimate of drug-likeness (QED) is 0.683. The van der Waals surface area contributed by atoms with Crippen molar-refractivity contribution < 1.29 is 0 Å². The summed E-state index contributed by atoms with van der Waals surface area (Å²) in [5, 5.41) is 5.25. The molecule has 1 aromatic heterocycles. The SMILES string of the molecule is Cc1ccc2[nH]c3c(c2c1)CCC[C@@H]3NC(C)c1ccccc1. The van der Waals surface area contributed by atoms with Crippen molar-refractivity contribution in [1.29, 1.82) is 0 Å². The Hall–Kier alpha value is -2.06. The zero-order valence-corrected chi connectivity index (χ0v) is 13.9. The normalized spacial score (nSPS) is 18.8. The van der Waals surface area contributed by atoms with Gasteiger partial charge in [-0.25, -0.2) is 0 Å². The van der Waals surface area contributed by atoms with Crippen molar-refractivity contribution in [2.45, 2.75) is 45.2 Å². The fraction of sp³-hybridized carbons (Fsp3) is 0.333. The summed E-state index contributed by atoms with van der Waals surface area (Å²) in [7, 11) is 0. The van der Waals surface area contributed by atoms with E-state index in [0.29, 0.717) is 12.1 Å². The van der Waals surface area contributed by atoms with E-state index in [-0.39, 0.29) is 0 Å². The zero-order valence-electron chi connectivity index (χ0n) is 13.9. The number of rotatable bonds is 3. The summed E-state index contributed by atoms with van der Waals surface area (Å²) in [6, 6.07) is 18.2. The molecule has 1 unspecified atom stereocenters. The summed E-state index contributed by atoms with van der Waals surface area (Å²) in [6.45, 7) is 4.44. The van der Waals surface area contributed by atoms with Gasteiger partial charge in [-0.1, -0.05) is 42.0 Å². The molecule has 2 N–H and O–H groups in total. The van der Waals surface area contributed by atoms with Crippen LogP contribution in [0.4, 0.5) is 0 Å². The minimum Gasteiger partial charge on any atom is -0.357 e. The topological polar surface area (TPSA) is 27.8 Å². The average molecular weight is 304 g/mol. The predicted molar refractivity (Wildman–Crippen MR) is 96.7 cm³/mol. The smallest absolute Gasteiger partial charge is 0.0480 e. The Labute approximate surface area is 137 Å². The number of H-pyrrole nitrogens is 1. The largest absolute Gasteiger partial charge is 0.357 e. The van der Waals surface area contributed by atoms with Crippen LogP contribution >= 0.6 is 0 Å². The van der Waals surface area contributed by atoms with Gasteiger partial charge in [-0.15, -0.1) is 0 Å². The van der Waals surface area contributed by atoms with Gasteiger partial charge in [0.25, 0.3) is 0 Å². The van der Waals surface area contributed by atoms with Gasteiger partial charge >= 0.3 is 0 Å². The second kappa shape index (κ2) is 5.86. The molecule has 4 rings (SSSR count). The molecule has 0 radical (unpaired) electrons. The number of fused-ring (bicyclic) bond motifs is 3. The van der Waals surface area contributed by atoms with Gasteiger partial charge in [0.1, 0.15) is 0 Å². The Kier molecular flexibility index (Phi) is 3.70. The maximum atomic E-state index is 3.84. The van der Waals surface area contributed by atoms with Crippen molar-refractivity contribution in [3.8, 4) is 0 Å². The van der Waals surface area contributed by atoms with E-state index >= 15 is 0 Å². The summed E-state index contributed by atoms with van der Waals surface area (Å²) in [5.74, 6) is 0. The lowest BCUT2D eigenvalue weighted by molar-refractivity contribution is 0.410. The fourth-order valence-corrected chi connectivity index (χ4v) is 3.88. The molecule has 1 aliphatic rings. The molecule has 118 valence electrons. The molecule has 0 bridgehead atoms. The van der Waals surface area contributed by atoms with Gasteiger partial charge in [-0.3, -0.25) is 0 Å². The molecule has 23 heavy (non-hydrogen) atoms. The van der Waals surface area contributed by atoms with Gasteiger partial charge < -0.3 is 10.3 Å². The van der Waals surface area contributed by atoms with Crippen molar-refractivity contribution in [2.75, 3.05) is 0 Å². The van der Waals surface area contributed by atoms with E-state index in [4.69, 9.17) is 0 Å². The van der Waals surface area contributed by atoms with Crippen LogP contribution in [0.15, 0.2) is 48.5 Å². The maximum absolute atomic E-state index is 3.84. The molecule has 0 amide bonds. The van der Waals surface area contributed by atoms with Crippen LogP contribution in [0.5, 0.6) is 0 Å². The second-order valence-corrected chi connectivity index (χ2v) is 6.81. The predicted octanol–water partition coefficient (Wildman–Crippen LogP) is 5.20. The molecule has 0 fully saturated rings. The molecule has 2 nitrogen and oxygen atoms in total. The molecule has 0 saturated carbocycles. The molecule has 1 aliphatic carbocycles. The van der Waals surface area contributed by atoms with Crippen molar-refractivity contribution in [3.63, 3.8) is 0 Å². The minimum atomic E-state index is 0.361. The standard InChI is InChI=1S/C21H24N2/c1-14-11-12-19-18(13-14)17-9-6-10-20(21(17)23-19)22-15(2)16-7-4-3-5-8-16/h3-5,7-8,11-13,15,20,22-23H,6,9-10H2,1-2H3/t15?,20-/m0/s1. The highest BCUT2D eigenvalue weighted by atomic mass is 15.0. The van der Waals surface area contributed by atoms with E-state index in [1.165, 1.54) is 52.5 Å². The summed E-state index contributed by atoms with van der Waals surface area (Å²) >= 11 is 0. The van der Waals surface area contributed by atoms with Crippen LogP contribution in [0.3, 0.4) is 0 Å². The molecular formula is C21H24N2. The lowest BCUT2D eigenvalue weighted by atomic mass is 9.90. The average Bonchev–Trinajstić information content (AvgIpc) is 2.95. The van der Waals surface area contributed by atoms with Gasteiger partial charge in [-0.2, -0.15) is 0 Å². The molecule has 0 saturated heterocycles. The van der Waals surface area contributed by atoms with Gasteiger partial charge in [0.05, 0.1) is 0 Å². The molecule has 0 aliphatic heterocycles. The van der Waals surface area contributed by atoms with Crippen LogP contribution in [-0.4, -0.2) is 4.98 Å². The molecule has 0 spiro atoms. The third-order valence-electron chi connectivity index (χ3n) is 5.11. The van der Waals surface area contributed by atoms with E-state index in [2.05, 4.69) is 72.7 Å². The Balaban J connectivity index is 1.66. The van der Waals surface area contributed by atoms with Crippen molar-refractivity contribution in [3.05, 3.63) is 70.9 Å². The van der Waals surface area contributed by atoms with Gasteiger partial charge in [0.15, 0.2) is 0 Å². The highest BCUT2D eigenvalue weighted by Gasteiger charge is 2.25. The number of aryl methyl sites for hydroxylation is 2. The van der Waals surface area contributed by atoms with Crippen LogP contribution < -0.4 is 5.32 Å². The van der Waals surface area contributed by atoms with Crippen molar-refractivity contribution in [2.24, 2.45) is 0 Å². The summed E-state index contributed by atoms with van der Waals surface area (Å²) in [4.78, 5) is 3.69. The fourth-order valence-electron chi connectivity index (χ4n) is 3.88. The molecule has 3 aromatic rings. The number of aromatic amines is 1. The molecular weight excluding hydrogens is 280 g/mol. The van der Waals surface area contributed by atoms with Crippen LogP contribution in [0, 0.1) is 6.92 Å². The van der Waals surface area contributed by atoms with E-state index in [9.17, 15) is 0 Å². The van der Waals surface area contributed by atoms with E-state index in [1.807, 2.05) is 0 Å². The highest BCUT2D eigenvalue weighted by molar-refractivity contribution is 5.85. The lowest BCUT2D eigenvalue weighted by Gasteiger charge is -2.27. The number of nitrogens with one attached hydrogen (secondary N) is 2. The first-order chi connectivity index (χ1) is 11.2.